The Morgan fingerprint density at radius 2 is 1.82 bits per heavy atom. The highest BCUT2D eigenvalue weighted by molar-refractivity contribution is 6.02. The molecule has 0 N–H and O–H groups in total. The molecule has 2 aliphatic heterocycles. The maximum atomic E-state index is 12.4. The van der Waals surface area contributed by atoms with Gasteiger partial charge in [0.2, 0.25) is 11.8 Å². The number of rotatable bonds is 12. The van der Waals surface area contributed by atoms with Crippen molar-refractivity contribution in [3.8, 4) is 0 Å². The Morgan fingerprint density at radius 1 is 1.06 bits per heavy atom. The predicted molar refractivity (Wildman–Crippen MR) is 127 cm³/mol. The van der Waals surface area contributed by atoms with Crippen molar-refractivity contribution in [3.63, 3.8) is 0 Å². The number of carbonyl (C=O) groups excluding carboxylic acids is 3. The average Bonchev–Trinajstić information content (AvgIpc) is 3.14. The van der Waals surface area contributed by atoms with E-state index in [0.717, 1.165) is 51.3 Å². The van der Waals surface area contributed by atoms with Crippen LogP contribution < -0.4 is 4.90 Å². The summed E-state index contributed by atoms with van der Waals surface area (Å²) < 4.78 is 5.71. The quantitative estimate of drug-likeness (QED) is 0.207. The molecule has 1 atom stereocenters. The molecule has 8 nitrogen and oxygen atoms in total. The van der Waals surface area contributed by atoms with Gasteiger partial charge in [-0.3, -0.25) is 19.4 Å². The molecule has 0 bridgehead atoms. The van der Waals surface area contributed by atoms with Crippen LogP contribution in [0.15, 0.2) is 36.5 Å². The number of aromatic nitrogens is 1. The first kappa shape index (κ1) is 24.9. The molecule has 2 amide bonds. The van der Waals surface area contributed by atoms with Crippen LogP contribution >= 0.6 is 0 Å². The number of carbonyl (C=O) groups is 3. The molecule has 1 unspecified atom stereocenters. The Kier molecular flexibility index (Phi) is 9.87. The normalized spacial score (nSPS) is 18.3. The highest BCUT2D eigenvalue weighted by Gasteiger charge is 2.33. The minimum Gasteiger partial charge on any atom is -0.456 e. The maximum Gasteiger partial charge on any atom is 0.330 e. The van der Waals surface area contributed by atoms with Gasteiger partial charge < -0.3 is 9.64 Å². The minimum atomic E-state index is -0.547. The van der Waals surface area contributed by atoms with Gasteiger partial charge in [0.15, 0.2) is 0 Å². The number of anilines is 1. The molecule has 0 aromatic carbocycles. The SMILES string of the molecule is CCCCCCC=CC(=O)OC(CN1CCN(c2ccccn2)CC1)CN1C(=O)CCC1=O. The first-order chi connectivity index (χ1) is 16.1. The number of imide groups is 1. The number of unbranched alkanes of at least 4 members (excludes halogenated alkanes) is 4. The lowest BCUT2D eigenvalue weighted by atomic mass is 10.1. The Balaban J connectivity index is 1.53. The highest BCUT2D eigenvalue weighted by atomic mass is 16.5. The van der Waals surface area contributed by atoms with Gasteiger partial charge in [0.25, 0.3) is 0 Å². The maximum absolute atomic E-state index is 12.4. The van der Waals surface area contributed by atoms with Crippen molar-refractivity contribution in [1.82, 2.24) is 14.8 Å². The first-order valence-electron chi connectivity index (χ1n) is 12.2. The second-order valence-corrected chi connectivity index (χ2v) is 8.68. The zero-order valence-electron chi connectivity index (χ0n) is 19.7. The van der Waals surface area contributed by atoms with Crippen molar-refractivity contribution in [2.75, 3.05) is 44.2 Å². The number of esters is 1. The number of hydrogen-bond donors (Lipinski definition) is 0. The van der Waals surface area contributed by atoms with Gasteiger partial charge >= 0.3 is 5.97 Å². The van der Waals surface area contributed by atoms with E-state index in [1.807, 2.05) is 24.3 Å². The molecule has 2 fully saturated rings. The van der Waals surface area contributed by atoms with Crippen LogP contribution in [0, 0.1) is 0 Å². The van der Waals surface area contributed by atoms with Gasteiger partial charge in [-0.25, -0.2) is 9.78 Å². The predicted octanol–water partition coefficient (Wildman–Crippen LogP) is 2.79. The van der Waals surface area contributed by atoms with E-state index in [9.17, 15) is 14.4 Å². The van der Waals surface area contributed by atoms with Crippen LogP contribution in [0.25, 0.3) is 0 Å². The third-order valence-electron chi connectivity index (χ3n) is 6.11. The molecule has 8 heteroatoms. The summed E-state index contributed by atoms with van der Waals surface area (Å²) in [5.41, 5.74) is 0. The van der Waals surface area contributed by atoms with Crippen LogP contribution in [0.5, 0.6) is 0 Å². The Bertz CT molecular complexity index is 790. The van der Waals surface area contributed by atoms with Crippen LogP contribution in [0.1, 0.15) is 51.9 Å². The molecule has 0 saturated carbocycles. The summed E-state index contributed by atoms with van der Waals surface area (Å²) in [6.07, 6.45) is 10.5. The number of hydrogen-bond acceptors (Lipinski definition) is 7. The third kappa shape index (κ3) is 7.96. The molecular formula is C25H36N4O4. The first-order valence-corrected chi connectivity index (χ1v) is 12.2. The lowest BCUT2D eigenvalue weighted by Gasteiger charge is -2.37. The van der Waals surface area contributed by atoms with E-state index in [2.05, 4.69) is 21.7 Å². The van der Waals surface area contributed by atoms with Crippen LogP contribution in [0.4, 0.5) is 5.82 Å². The largest absolute Gasteiger partial charge is 0.456 e. The second-order valence-electron chi connectivity index (χ2n) is 8.68. The smallest absolute Gasteiger partial charge is 0.330 e. The van der Waals surface area contributed by atoms with Crippen molar-refractivity contribution in [2.24, 2.45) is 0 Å². The summed E-state index contributed by atoms with van der Waals surface area (Å²) in [4.78, 5) is 46.8. The van der Waals surface area contributed by atoms with E-state index in [4.69, 9.17) is 4.74 Å². The molecule has 0 spiro atoms. The van der Waals surface area contributed by atoms with Crippen LogP contribution in [0.3, 0.4) is 0 Å². The third-order valence-corrected chi connectivity index (χ3v) is 6.11. The molecule has 1 aromatic rings. The van der Waals surface area contributed by atoms with Gasteiger partial charge in [0.05, 0.1) is 6.54 Å². The van der Waals surface area contributed by atoms with E-state index in [-0.39, 0.29) is 31.2 Å². The van der Waals surface area contributed by atoms with E-state index in [1.54, 1.807) is 6.20 Å². The summed E-state index contributed by atoms with van der Waals surface area (Å²) in [6, 6.07) is 5.88. The molecule has 3 rings (SSSR count). The molecule has 33 heavy (non-hydrogen) atoms. The van der Waals surface area contributed by atoms with Crippen molar-refractivity contribution >= 4 is 23.6 Å². The Labute approximate surface area is 196 Å². The van der Waals surface area contributed by atoms with E-state index < -0.39 is 12.1 Å². The lowest BCUT2D eigenvalue weighted by Crippen LogP contribution is -2.51. The molecule has 2 aliphatic rings. The fourth-order valence-corrected chi connectivity index (χ4v) is 4.22. The van der Waals surface area contributed by atoms with Crippen molar-refractivity contribution in [3.05, 3.63) is 36.5 Å². The number of likely N-dealkylation sites (tertiary alicyclic amines) is 1. The fraction of sp³-hybridized carbons (Fsp3) is 0.600. The van der Waals surface area contributed by atoms with Crippen LogP contribution in [-0.2, 0) is 19.1 Å². The van der Waals surface area contributed by atoms with Gasteiger partial charge in [0, 0.05) is 57.8 Å². The van der Waals surface area contributed by atoms with Gasteiger partial charge in [-0.1, -0.05) is 38.3 Å². The van der Waals surface area contributed by atoms with Gasteiger partial charge in [-0.15, -0.1) is 0 Å². The monoisotopic (exact) mass is 456 g/mol. The van der Waals surface area contributed by atoms with Gasteiger partial charge in [-0.05, 0) is 25.0 Å². The summed E-state index contributed by atoms with van der Waals surface area (Å²) in [5.74, 6) is 0.166. The van der Waals surface area contributed by atoms with Crippen molar-refractivity contribution < 1.29 is 19.1 Å². The molecule has 180 valence electrons. The number of amides is 2. The van der Waals surface area contributed by atoms with Crippen molar-refractivity contribution in [1.29, 1.82) is 0 Å². The molecule has 0 radical (unpaired) electrons. The van der Waals surface area contributed by atoms with Gasteiger partial charge in [0.1, 0.15) is 11.9 Å². The lowest BCUT2D eigenvalue weighted by molar-refractivity contribution is -0.150. The zero-order valence-corrected chi connectivity index (χ0v) is 19.7. The van der Waals surface area contributed by atoms with E-state index in [0.29, 0.717) is 6.54 Å². The standard InChI is InChI=1S/C25H36N4O4/c1-2-3-4-5-6-7-11-25(32)33-21(20-29-23(30)12-13-24(29)31)19-27-15-17-28(18-16-27)22-10-8-9-14-26-22/h7-11,14,21H,2-6,12-13,15-20H2,1H3. The highest BCUT2D eigenvalue weighted by Crippen LogP contribution is 2.16. The van der Waals surface area contributed by atoms with Crippen LogP contribution in [0.2, 0.25) is 0 Å². The number of pyridine rings is 1. The fourth-order valence-electron chi connectivity index (χ4n) is 4.22. The molecular weight excluding hydrogens is 420 g/mol. The summed E-state index contributed by atoms with van der Waals surface area (Å²) in [5, 5.41) is 0. The topological polar surface area (TPSA) is 83.1 Å². The number of allylic oxidation sites excluding steroid dienone is 1. The Morgan fingerprint density at radius 3 is 2.48 bits per heavy atom. The minimum absolute atomic E-state index is 0.119. The molecule has 3 heterocycles. The Hall–Kier alpha value is -2.74. The summed E-state index contributed by atoms with van der Waals surface area (Å²) >= 11 is 0. The van der Waals surface area contributed by atoms with Crippen molar-refractivity contribution in [2.45, 2.75) is 58.0 Å². The van der Waals surface area contributed by atoms with E-state index >= 15 is 0 Å². The summed E-state index contributed by atoms with van der Waals surface area (Å²) in [7, 11) is 0. The molecule has 2 saturated heterocycles. The van der Waals surface area contributed by atoms with E-state index in [1.165, 1.54) is 23.8 Å². The molecule has 0 aliphatic carbocycles. The van der Waals surface area contributed by atoms with Gasteiger partial charge in [-0.2, -0.15) is 0 Å². The number of nitrogens with zero attached hydrogens (tertiary/aromatic N) is 4. The average molecular weight is 457 g/mol. The number of ether oxygens (including phenoxy) is 1. The number of piperazine rings is 1. The molecule has 1 aromatic heterocycles. The van der Waals surface area contributed by atoms with Crippen LogP contribution in [-0.4, -0.2) is 77.9 Å². The zero-order chi connectivity index (χ0) is 23.5. The second kappa shape index (κ2) is 13.1. The summed E-state index contributed by atoms with van der Waals surface area (Å²) in [6.45, 7) is 5.99.